The number of anilines is 1. The summed E-state index contributed by atoms with van der Waals surface area (Å²) in [6.45, 7) is 0. The zero-order valence-electron chi connectivity index (χ0n) is 13.2. The Kier molecular flexibility index (Phi) is 5.58. The Balaban J connectivity index is 1.67. The number of halogens is 1. The fourth-order valence-corrected chi connectivity index (χ4v) is 2.82. The van der Waals surface area contributed by atoms with Crippen LogP contribution in [0.3, 0.4) is 0 Å². The van der Waals surface area contributed by atoms with Crippen LogP contribution in [0.1, 0.15) is 10.4 Å². The number of rotatable bonds is 3. The van der Waals surface area contributed by atoms with E-state index in [1.807, 2.05) is 66.7 Å². The van der Waals surface area contributed by atoms with Crippen molar-refractivity contribution in [1.82, 2.24) is 5.32 Å². The maximum absolute atomic E-state index is 12.2. The van der Waals surface area contributed by atoms with E-state index in [2.05, 4.69) is 26.6 Å². The molecule has 0 aliphatic heterocycles. The average Bonchev–Trinajstić information content (AvgIpc) is 2.63. The highest BCUT2D eigenvalue weighted by Gasteiger charge is 2.08. The summed E-state index contributed by atoms with van der Waals surface area (Å²) in [6, 6.07) is 25.1. The normalized spacial score (nSPS) is 10.1. The van der Waals surface area contributed by atoms with Gasteiger partial charge in [-0.1, -0.05) is 58.4 Å². The van der Waals surface area contributed by atoms with Gasteiger partial charge in [0.1, 0.15) is 0 Å². The molecular formula is C20H15BrN2OS. The molecule has 0 atom stereocenters. The number of hydrogen-bond acceptors (Lipinski definition) is 2. The van der Waals surface area contributed by atoms with E-state index in [0.717, 1.165) is 21.3 Å². The fraction of sp³-hybridized carbons (Fsp3) is 0. The van der Waals surface area contributed by atoms with Crippen molar-refractivity contribution in [2.24, 2.45) is 0 Å². The van der Waals surface area contributed by atoms with Crippen LogP contribution in [0.5, 0.6) is 0 Å². The number of carbonyl (C=O) groups excluding carboxylic acids is 1. The minimum Gasteiger partial charge on any atom is -0.332 e. The molecule has 0 spiro atoms. The van der Waals surface area contributed by atoms with E-state index >= 15 is 0 Å². The first-order valence-electron chi connectivity index (χ1n) is 7.65. The van der Waals surface area contributed by atoms with Crippen LogP contribution in [-0.4, -0.2) is 11.0 Å². The molecule has 0 aromatic heterocycles. The molecule has 3 aromatic carbocycles. The van der Waals surface area contributed by atoms with Crippen molar-refractivity contribution in [2.45, 2.75) is 0 Å². The summed E-state index contributed by atoms with van der Waals surface area (Å²) < 4.78 is 0.919. The maximum atomic E-state index is 12.2. The van der Waals surface area contributed by atoms with Gasteiger partial charge in [0.2, 0.25) is 0 Å². The van der Waals surface area contributed by atoms with Crippen molar-refractivity contribution in [2.75, 3.05) is 5.32 Å². The Morgan fingerprint density at radius 2 is 1.52 bits per heavy atom. The predicted molar refractivity (Wildman–Crippen MR) is 110 cm³/mol. The van der Waals surface area contributed by atoms with Crippen LogP contribution in [0.15, 0.2) is 83.3 Å². The third-order valence-corrected chi connectivity index (χ3v) is 4.29. The second-order valence-electron chi connectivity index (χ2n) is 5.36. The van der Waals surface area contributed by atoms with Gasteiger partial charge < -0.3 is 5.32 Å². The SMILES string of the molecule is O=C(NC(=S)Nc1cccc(-c2ccccc2)c1)c1ccc(Br)cc1. The smallest absolute Gasteiger partial charge is 0.257 e. The Bertz CT molecular complexity index is 895. The minimum absolute atomic E-state index is 0.246. The highest BCUT2D eigenvalue weighted by Crippen LogP contribution is 2.22. The second-order valence-corrected chi connectivity index (χ2v) is 6.69. The van der Waals surface area contributed by atoms with Gasteiger partial charge in [-0.05, 0) is 59.7 Å². The van der Waals surface area contributed by atoms with E-state index in [-0.39, 0.29) is 11.0 Å². The Morgan fingerprint density at radius 1 is 0.840 bits per heavy atom. The molecule has 0 aliphatic carbocycles. The third-order valence-electron chi connectivity index (χ3n) is 3.56. The standard InChI is InChI=1S/C20H15BrN2OS/c21-17-11-9-15(10-12-17)19(24)23-20(25)22-18-8-4-7-16(13-18)14-5-2-1-3-6-14/h1-13H,(H2,22,23,24,25). The van der Waals surface area contributed by atoms with Crippen LogP contribution in [0.2, 0.25) is 0 Å². The van der Waals surface area contributed by atoms with Crippen LogP contribution in [0.25, 0.3) is 11.1 Å². The Hall–Kier alpha value is -2.50. The molecular weight excluding hydrogens is 396 g/mol. The first-order chi connectivity index (χ1) is 12.1. The van der Waals surface area contributed by atoms with Crippen molar-refractivity contribution >= 4 is 44.9 Å². The molecule has 0 bridgehead atoms. The summed E-state index contributed by atoms with van der Waals surface area (Å²) in [5.74, 6) is -0.246. The number of hydrogen-bond donors (Lipinski definition) is 2. The molecule has 3 aromatic rings. The lowest BCUT2D eigenvalue weighted by Gasteiger charge is -2.11. The van der Waals surface area contributed by atoms with Gasteiger partial charge in [0, 0.05) is 15.7 Å². The van der Waals surface area contributed by atoms with E-state index < -0.39 is 0 Å². The van der Waals surface area contributed by atoms with Gasteiger partial charge in [-0.3, -0.25) is 10.1 Å². The topological polar surface area (TPSA) is 41.1 Å². The quantitative estimate of drug-likeness (QED) is 0.579. The van der Waals surface area contributed by atoms with Gasteiger partial charge in [-0.2, -0.15) is 0 Å². The summed E-state index contributed by atoms with van der Waals surface area (Å²) in [7, 11) is 0. The number of amides is 1. The van der Waals surface area contributed by atoms with Crippen molar-refractivity contribution in [3.63, 3.8) is 0 Å². The molecule has 0 radical (unpaired) electrons. The minimum atomic E-state index is -0.246. The van der Waals surface area contributed by atoms with Crippen LogP contribution in [-0.2, 0) is 0 Å². The summed E-state index contributed by atoms with van der Waals surface area (Å²) in [5, 5.41) is 6.01. The molecule has 3 rings (SSSR count). The lowest BCUT2D eigenvalue weighted by Crippen LogP contribution is -2.34. The fourth-order valence-electron chi connectivity index (χ4n) is 2.35. The zero-order chi connectivity index (χ0) is 17.6. The second kappa shape index (κ2) is 8.05. The highest BCUT2D eigenvalue weighted by atomic mass is 79.9. The lowest BCUT2D eigenvalue weighted by atomic mass is 10.1. The maximum Gasteiger partial charge on any atom is 0.257 e. The molecule has 0 fully saturated rings. The molecule has 0 aliphatic rings. The molecule has 1 amide bonds. The lowest BCUT2D eigenvalue weighted by molar-refractivity contribution is 0.0977. The van der Waals surface area contributed by atoms with E-state index in [4.69, 9.17) is 12.2 Å². The van der Waals surface area contributed by atoms with E-state index in [0.29, 0.717) is 5.56 Å². The zero-order valence-corrected chi connectivity index (χ0v) is 15.6. The molecule has 0 unspecified atom stereocenters. The van der Waals surface area contributed by atoms with Crippen molar-refractivity contribution in [3.05, 3.63) is 88.9 Å². The molecule has 25 heavy (non-hydrogen) atoms. The van der Waals surface area contributed by atoms with Gasteiger partial charge >= 0.3 is 0 Å². The molecule has 5 heteroatoms. The Morgan fingerprint density at radius 3 is 2.24 bits per heavy atom. The summed E-state index contributed by atoms with van der Waals surface area (Å²) in [6.07, 6.45) is 0. The Labute approximate surface area is 160 Å². The van der Waals surface area contributed by atoms with Gasteiger partial charge in [0.15, 0.2) is 5.11 Å². The van der Waals surface area contributed by atoms with E-state index in [1.165, 1.54) is 0 Å². The van der Waals surface area contributed by atoms with Gasteiger partial charge in [-0.25, -0.2) is 0 Å². The summed E-state index contributed by atoms with van der Waals surface area (Å²) >= 11 is 8.59. The third kappa shape index (κ3) is 4.75. The summed E-state index contributed by atoms with van der Waals surface area (Å²) in [5.41, 5.74) is 3.57. The van der Waals surface area contributed by atoms with E-state index in [9.17, 15) is 4.79 Å². The van der Waals surface area contributed by atoms with Gasteiger partial charge in [0.25, 0.3) is 5.91 Å². The van der Waals surface area contributed by atoms with E-state index in [1.54, 1.807) is 12.1 Å². The largest absolute Gasteiger partial charge is 0.332 e. The molecule has 0 saturated carbocycles. The first-order valence-corrected chi connectivity index (χ1v) is 8.85. The molecule has 3 nitrogen and oxygen atoms in total. The molecule has 2 N–H and O–H groups in total. The molecule has 0 heterocycles. The summed E-state index contributed by atoms with van der Waals surface area (Å²) in [4.78, 5) is 12.2. The number of carbonyl (C=O) groups is 1. The van der Waals surface area contributed by atoms with Crippen molar-refractivity contribution in [1.29, 1.82) is 0 Å². The molecule has 124 valence electrons. The number of nitrogens with one attached hydrogen (secondary N) is 2. The monoisotopic (exact) mass is 410 g/mol. The van der Waals surface area contributed by atoms with Crippen molar-refractivity contribution < 1.29 is 4.79 Å². The van der Waals surface area contributed by atoms with Gasteiger partial charge in [0.05, 0.1) is 0 Å². The first kappa shape index (κ1) is 17.3. The van der Waals surface area contributed by atoms with Crippen LogP contribution in [0, 0.1) is 0 Å². The van der Waals surface area contributed by atoms with Crippen LogP contribution in [0.4, 0.5) is 5.69 Å². The van der Waals surface area contributed by atoms with Gasteiger partial charge in [-0.15, -0.1) is 0 Å². The average molecular weight is 411 g/mol. The van der Waals surface area contributed by atoms with Crippen LogP contribution >= 0.6 is 28.1 Å². The number of thiocarbonyl (C=S) groups is 1. The molecule has 0 saturated heterocycles. The van der Waals surface area contributed by atoms with Crippen LogP contribution < -0.4 is 10.6 Å². The predicted octanol–water partition coefficient (Wildman–Crippen LogP) is 5.24. The number of benzene rings is 3. The van der Waals surface area contributed by atoms with Crippen molar-refractivity contribution in [3.8, 4) is 11.1 Å². The highest BCUT2D eigenvalue weighted by molar-refractivity contribution is 9.10.